The second-order valence-corrected chi connectivity index (χ2v) is 7.33. The van der Waals surface area contributed by atoms with Gasteiger partial charge in [-0.3, -0.25) is 4.79 Å². The molecule has 1 atom stereocenters. The number of amides is 1. The highest BCUT2D eigenvalue weighted by Gasteiger charge is 2.17. The summed E-state index contributed by atoms with van der Waals surface area (Å²) in [7, 11) is 1.58. The standard InChI is InChI=1S/C22H23ClN2O4/c1-4-25(13-21(26)24-16-6-5-7-17(10-16)28-3)12-15-9-22(27)29-20-8-14(2)19(23)11-18(15)20/h5-11H,4,12-13H2,1-3H3,(H,24,26)/p+1. The topological polar surface area (TPSA) is 73.0 Å². The molecular formula is C22H24ClN2O4+. The molecule has 2 N–H and O–H groups in total. The fourth-order valence-electron chi connectivity index (χ4n) is 3.21. The zero-order valence-electron chi connectivity index (χ0n) is 16.7. The summed E-state index contributed by atoms with van der Waals surface area (Å²) in [6.07, 6.45) is 0. The van der Waals surface area contributed by atoms with E-state index in [1.165, 1.54) is 6.07 Å². The number of aryl methyl sites for hydroxylation is 1. The molecule has 1 heterocycles. The van der Waals surface area contributed by atoms with Crippen LogP contribution >= 0.6 is 11.6 Å². The molecule has 1 aromatic heterocycles. The number of hydrogen-bond donors (Lipinski definition) is 2. The summed E-state index contributed by atoms with van der Waals surface area (Å²) in [6, 6.07) is 12.3. The van der Waals surface area contributed by atoms with Crippen LogP contribution in [0.1, 0.15) is 18.1 Å². The number of halogens is 1. The minimum absolute atomic E-state index is 0.115. The quantitative estimate of drug-likeness (QED) is 0.582. The number of fused-ring (bicyclic) bond motifs is 1. The summed E-state index contributed by atoms with van der Waals surface area (Å²) >= 11 is 6.27. The molecule has 0 aliphatic carbocycles. The molecule has 0 fully saturated rings. The monoisotopic (exact) mass is 415 g/mol. The van der Waals surface area contributed by atoms with Crippen molar-refractivity contribution >= 4 is 34.2 Å². The number of benzene rings is 2. The molecule has 0 radical (unpaired) electrons. The summed E-state index contributed by atoms with van der Waals surface area (Å²) in [5, 5.41) is 4.29. The second kappa shape index (κ2) is 9.11. The Labute approximate surface area is 174 Å². The fourth-order valence-corrected chi connectivity index (χ4v) is 3.37. The molecule has 0 aliphatic heterocycles. The van der Waals surface area contributed by atoms with E-state index in [0.717, 1.165) is 21.4 Å². The Kier molecular flexibility index (Phi) is 6.56. The Morgan fingerprint density at radius 3 is 2.76 bits per heavy atom. The third-order valence-corrected chi connectivity index (χ3v) is 5.22. The van der Waals surface area contributed by atoms with Crippen molar-refractivity contribution in [3.05, 3.63) is 69.0 Å². The average Bonchev–Trinajstić information content (AvgIpc) is 2.69. The largest absolute Gasteiger partial charge is 0.497 e. The molecule has 1 unspecified atom stereocenters. The fraction of sp³-hybridized carbons (Fsp3) is 0.273. The Hall–Kier alpha value is -2.83. The molecule has 0 bridgehead atoms. The van der Waals surface area contributed by atoms with Crippen LogP contribution in [-0.4, -0.2) is 26.1 Å². The van der Waals surface area contributed by atoms with E-state index in [0.29, 0.717) is 35.1 Å². The summed E-state index contributed by atoms with van der Waals surface area (Å²) in [4.78, 5) is 25.5. The van der Waals surface area contributed by atoms with Gasteiger partial charge in [-0.25, -0.2) is 4.79 Å². The van der Waals surface area contributed by atoms with Gasteiger partial charge in [0.05, 0.1) is 13.7 Å². The number of ether oxygens (including phenoxy) is 1. The Balaban J connectivity index is 1.78. The SMILES string of the molecule is CC[NH+](CC(=O)Nc1cccc(OC)c1)Cc1cc(=O)oc2cc(C)c(Cl)cc12. The van der Waals surface area contributed by atoms with Crippen molar-refractivity contribution in [3.63, 3.8) is 0 Å². The van der Waals surface area contributed by atoms with Crippen LogP contribution in [0.3, 0.4) is 0 Å². The van der Waals surface area contributed by atoms with Gasteiger partial charge in [0.25, 0.3) is 5.91 Å². The molecule has 0 aliphatic rings. The third-order valence-electron chi connectivity index (χ3n) is 4.81. The van der Waals surface area contributed by atoms with Crippen LogP contribution in [0.2, 0.25) is 5.02 Å². The molecule has 0 spiro atoms. The van der Waals surface area contributed by atoms with Crippen LogP contribution in [0.15, 0.2) is 51.7 Å². The molecule has 29 heavy (non-hydrogen) atoms. The van der Waals surface area contributed by atoms with E-state index in [2.05, 4.69) is 5.32 Å². The molecule has 2 aromatic carbocycles. The van der Waals surface area contributed by atoms with Gasteiger partial charge in [0.2, 0.25) is 0 Å². The van der Waals surface area contributed by atoms with Gasteiger partial charge in [-0.05, 0) is 43.7 Å². The third kappa shape index (κ3) is 5.16. The van der Waals surface area contributed by atoms with Crippen molar-refractivity contribution in [1.82, 2.24) is 0 Å². The van der Waals surface area contributed by atoms with Crippen LogP contribution in [0.5, 0.6) is 5.75 Å². The molecule has 0 saturated heterocycles. The lowest BCUT2D eigenvalue weighted by Crippen LogP contribution is -3.11. The van der Waals surface area contributed by atoms with E-state index >= 15 is 0 Å². The number of nitrogens with one attached hydrogen (secondary N) is 2. The van der Waals surface area contributed by atoms with E-state index in [1.807, 2.05) is 38.1 Å². The van der Waals surface area contributed by atoms with Gasteiger partial charge < -0.3 is 19.4 Å². The summed E-state index contributed by atoms with van der Waals surface area (Å²) in [6.45, 7) is 5.34. The van der Waals surface area contributed by atoms with E-state index in [-0.39, 0.29) is 12.5 Å². The Morgan fingerprint density at radius 1 is 1.24 bits per heavy atom. The van der Waals surface area contributed by atoms with E-state index in [9.17, 15) is 9.59 Å². The lowest BCUT2D eigenvalue weighted by Gasteiger charge is -2.18. The summed E-state index contributed by atoms with van der Waals surface area (Å²) in [5.74, 6) is 0.563. The van der Waals surface area contributed by atoms with Crippen LogP contribution < -0.4 is 20.6 Å². The number of rotatable bonds is 7. The number of quaternary nitrogens is 1. The van der Waals surface area contributed by atoms with E-state index in [1.54, 1.807) is 19.2 Å². The van der Waals surface area contributed by atoms with E-state index in [4.69, 9.17) is 20.8 Å². The Bertz CT molecular complexity index is 1090. The number of carbonyl (C=O) groups is 1. The van der Waals surface area contributed by atoms with Gasteiger partial charge in [0.1, 0.15) is 17.9 Å². The van der Waals surface area contributed by atoms with Gasteiger partial charge in [-0.1, -0.05) is 17.7 Å². The van der Waals surface area contributed by atoms with Crippen LogP contribution in [0, 0.1) is 6.92 Å². The minimum Gasteiger partial charge on any atom is -0.497 e. The first-order valence-corrected chi connectivity index (χ1v) is 9.77. The van der Waals surface area contributed by atoms with Gasteiger partial charge in [0, 0.05) is 33.8 Å². The number of anilines is 1. The summed E-state index contributed by atoms with van der Waals surface area (Å²) in [5.41, 5.74) is 2.43. The summed E-state index contributed by atoms with van der Waals surface area (Å²) < 4.78 is 10.5. The molecule has 152 valence electrons. The van der Waals surface area contributed by atoms with Gasteiger partial charge in [0.15, 0.2) is 6.54 Å². The first kappa shape index (κ1) is 20.9. The first-order chi connectivity index (χ1) is 13.9. The number of methoxy groups -OCH3 is 1. The first-order valence-electron chi connectivity index (χ1n) is 9.40. The zero-order valence-corrected chi connectivity index (χ0v) is 17.4. The maximum atomic E-state index is 12.5. The van der Waals surface area contributed by atoms with E-state index < -0.39 is 5.63 Å². The smallest absolute Gasteiger partial charge is 0.336 e. The van der Waals surface area contributed by atoms with Gasteiger partial charge >= 0.3 is 5.63 Å². The molecular weight excluding hydrogens is 392 g/mol. The maximum absolute atomic E-state index is 12.5. The minimum atomic E-state index is -0.412. The number of carbonyl (C=O) groups excluding carboxylic acids is 1. The van der Waals surface area contributed by atoms with Crippen LogP contribution in [0.25, 0.3) is 11.0 Å². The highest BCUT2D eigenvalue weighted by Crippen LogP contribution is 2.24. The second-order valence-electron chi connectivity index (χ2n) is 6.93. The predicted molar refractivity (Wildman–Crippen MR) is 114 cm³/mol. The molecule has 3 aromatic rings. The molecule has 0 saturated carbocycles. The lowest BCUT2D eigenvalue weighted by molar-refractivity contribution is -0.903. The van der Waals surface area contributed by atoms with Crippen LogP contribution in [0.4, 0.5) is 5.69 Å². The predicted octanol–water partition coefficient (Wildman–Crippen LogP) is 2.81. The normalized spacial score (nSPS) is 12.0. The van der Waals surface area contributed by atoms with Crippen molar-refractivity contribution in [2.24, 2.45) is 0 Å². The highest BCUT2D eigenvalue weighted by molar-refractivity contribution is 6.32. The van der Waals surface area contributed by atoms with Gasteiger partial charge in [-0.15, -0.1) is 0 Å². The highest BCUT2D eigenvalue weighted by atomic mass is 35.5. The average molecular weight is 416 g/mol. The van der Waals surface area contributed by atoms with Crippen LogP contribution in [-0.2, 0) is 11.3 Å². The van der Waals surface area contributed by atoms with Crippen molar-refractivity contribution in [2.75, 3.05) is 25.5 Å². The molecule has 6 nitrogen and oxygen atoms in total. The van der Waals surface area contributed by atoms with Gasteiger partial charge in [-0.2, -0.15) is 0 Å². The van der Waals surface area contributed by atoms with Crippen molar-refractivity contribution in [1.29, 1.82) is 0 Å². The lowest BCUT2D eigenvalue weighted by atomic mass is 10.1. The number of likely N-dealkylation sites (N-methyl/N-ethyl adjacent to an activating group) is 1. The van der Waals surface area contributed by atoms with Crippen molar-refractivity contribution < 1.29 is 18.8 Å². The molecule has 3 rings (SSSR count). The zero-order chi connectivity index (χ0) is 21.0. The Morgan fingerprint density at radius 2 is 2.03 bits per heavy atom. The maximum Gasteiger partial charge on any atom is 0.336 e. The van der Waals surface area contributed by atoms with Crippen molar-refractivity contribution in [2.45, 2.75) is 20.4 Å². The van der Waals surface area contributed by atoms with Crippen molar-refractivity contribution in [3.8, 4) is 5.75 Å². The molecule has 1 amide bonds. The molecule has 7 heteroatoms. The number of hydrogen-bond acceptors (Lipinski definition) is 4.